The summed E-state index contributed by atoms with van der Waals surface area (Å²) < 4.78 is 14.0. The van der Waals surface area contributed by atoms with Gasteiger partial charge in [0.25, 0.3) is 0 Å². The molecule has 2 fully saturated rings. The summed E-state index contributed by atoms with van der Waals surface area (Å²) in [5, 5.41) is 10.7. The summed E-state index contributed by atoms with van der Waals surface area (Å²) in [5.74, 6) is -0.119. The van der Waals surface area contributed by atoms with E-state index < -0.39 is 6.10 Å². The standard InChI is InChI=1S/C23H29FN4O2/c24-19-6-1-2-7-20(19)26-13-15-27(16-14-26)21-10-12-28(17-22(21)29)23(30)9-8-18-5-3-4-11-25-18/h1-7,11,21-22,29H,8-10,12-17H2/t21-,22-/m1/s1. The van der Waals surface area contributed by atoms with E-state index in [2.05, 4.69) is 14.8 Å². The molecule has 0 radical (unpaired) electrons. The number of para-hydroxylation sites is 1. The van der Waals surface area contributed by atoms with Crippen molar-refractivity contribution in [3.63, 3.8) is 0 Å². The number of piperidine rings is 1. The Bertz CT molecular complexity index is 842. The summed E-state index contributed by atoms with van der Waals surface area (Å²) in [4.78, 5) is 23.0. The zero-order chi connectivity index (χ0) is 20.9. The predicted molar refractivity (Wildman–Crippen MR) is 114 cm³/mol. The van der Waals surface area contributed by atoms with Crippen LogP contribution in [-0.4, -0.2) is 77.2 Å². The number of nitrogens with zero attached hydrogens (tertiary/aromatic N) is 4. The number of aliphatic hydroxyl groups is 1. The van der Waals surface area contributed by atoms with Crippen molar-refractivity contribution >= 4 is 11.6 Å². The summed E-state index contributed by atoms with van der Waals surface area (Å²) in [5.41, 5.74) is 1.56. The van der Waals surface area contributed by atoms with E-state index in [1.54, 1.807) is 17.2 Å². The van der Waals surface area contributed by atoms with Crippen molar-refractivity contribution in [3.8, 4) is 0 Å². The number of carbonyl (C=O) groups is 1. The normalized spacial score (nSPS) is 22.9. The van der Waals surface area contributed by atoms with Crippen molar-refractivity contribution in [2.24, 2.45) is 0 Å². The Kier molecular flexibility index (Phi) is 6.59. The number of aliphatic hydroxyl groups excluding tert-OH is 1. The summed E-state index contributed by atoms with van der Waals surface area (Å²) in [7, 11) is 0. The SMILES string of the molecule is O=C(CCc1ccccn1)N1CC[C@@H](N2CCN(c3ccccc3F)CC2)[C@H](O)C1. The Labute approximate surface area is 176 Å². The van der Waals surface area contributed by atoms with Gasteiger partial charge in [0.05, 0.1) is 11.8 Å². The molecule has 1 amide bonds. The van der Waals surface area contributed by atoms with Crippen LogP contribution in [0.4, 0.5) is 10.1 Å². The lowest BCUT2D eigenvalue weighted by molar-refractivity contribution is -0.136. The number of aromatic nitrogens is 1. The number of hydrogen-bond acceptors (Lipinski definition) is 5. The number of benzene rings is 1. The van der Waals surface area contributed by atoms with Gasteiger partial charge in [-0.25, -0.2) is 4.39 Å². The van der Waals surface area contributed by atoms with Crippen LogP contribution in [0.25, 0.3) is 0 Å². The van der Waals surface area contributed by atoms with Crippen molar-refractivity contribution in [3.05, 3.63) is 60.2 Å². The third-order valence-corrected chi connectivity index (χ3v) is 6.20. The summed E-state index contributed by atoms with van der Waals surface area (Å²) in [6, 6.07) is 12.6. The number of halogens is 1. The highest BCUT2D eigenvalue weighted by molar-refractivity contribution is 5.76. The predicted octanol–water partition coefficient (Wildman–Crippen LogP) is 1.94. The molecule has 2 atom stereocenters. The number of carbonyl (C=O) groups excluding carboxylic acids is 1. The Balaban J connectivity index is 1.26. The van der Waals surface area contributed by atoms with Gasteiger partial charge in [0.15, 0.2) is 0 Å². The molecule has 0 unspecified atom stereocenters. The second-order valence-electron chi connectivity index (χ2n) is 8.06. The van der Waals surface area contributed by atoms with E-state index in [0.717, 1.165) is 38.3 Å². The third-order valence-electron chi connectivity index (χ3n) is 6.20. The van der Waals surface area contributed by atoms with Crippen LogP contribution in [0.15, 0.2) is 48.7 Å². The van der Waals surface area contributed by atoms with Crippen LogP contribution in [0.3, 0.4) is 0 Å². The highest BCUT2D eigenvalue weighted by Crippen LogP contribution is 2.24. The van der Waals surface area contributed by atoms with Crippen molar-refractivity contribution < 1.29 is 14.3 Å². The van der Waals surface area contributed by atoms with Crippen molar-refractivity contribution in [2.75, 3.05) is 44.2 Å². The van der Waals surface area contributed by atoms with Crippen LogP contribution in [0.1, 0.15) is 18.5 Å². The lowest BCUT2D eigenvalue weighted by Crippen LogP contribution is -2.59. The number of piperazine rings is 1. The summed E-state index contributed by atoms with van der Waals surface area (Å²) in [6.45, 7) is 4.07. The van der Waals surface area contributed by atoms with Crippen LogP contribution in [0, 0.1) is 5.82 Å². The van der Waals surface area contributed by atoms with Gasteiger partial charge in [0, 0.05) is 63.6 Å². The van der Waals surface area contributed by atoms with E-state index in [1.165, 1.54) is 6.07 Å². The minimum atomic E-state index is -0.558. The first kappa shape index (κ1) is 20.8. The molecule has 160 valence electrons. The van der Waals surface area contributed by atoms with Gasteiger partial charge >= 0.3 is 0 Å². The number of pyridine rings is 1. The molecule has 30 heavy (non-hydrogen) atoms. The van der Waals surface area contributed by atoms with E-state index in [9.17, 15) is 14.3 Å². The molecule has 1 aromatic carbocycles. The van der Waals surface area contributed by atoms with Crippen LogP contribution in [0.5, 0.6) is 0 Å². The van der Waals surface area contributed by atoms with Crippen LogP contribution < -0.4 is 4.90 Å². The Morgan fingerprint density at radius 2 is 1.83 bits per heavy atom. The quantitative estimate of drug-likeness (QED) is 0.813. The second-order valence-corrected chi connectivity index (χ2v) is 8.06. The number of rotatable bonds is 5. The molecule has 0 aliphatic carbocycles. The van der Waals surface area contributed by atoms with Gasteiger partial charge in [0.1, 0.15) is 5.82 Å². The fourth-order valence-corrected chi connectivity index (χ4v) is 4.51. The van der Waals surface area contributed by atoms with Gasteiger partial charge in [-0.3, -0.25) is 14.7 Å². The van der Waals surface area contributed by atoms with Gasteiger partial charge < -0.3 is 14.9 Å². The first-order valence-electron chi connectivity index (χ1n) is 10.7. The molecule has 2 aromatic rings. The van der Waals surface area contributed by atoms with Crippen LogP contribution >= 0.6 is 0 Å². The molecule has 0 bridgehead atoms. The minimum Gasteiger partial charge on any atom is -0.390 e. The number of hydrogen-bond donors (Lipinski definition) is 1. The maximum atomic E-state index is 14.0. The molecule has 0 saturated carbocycles. The molecular weight excluding hydrogens is 383 g/mol. The number of amides is 1. The average Bonchev–Trinajstić information content (AvgIpc) is 2.79. The number of aryl methyl sites for hydroxylation is 1. The highest BCUT2D eigenvalue weighted by atomic mass is 19.1. The molecule has 2 saturated heterocycles. The molecule has 4 rings (SSSR count). The average molecular weight is 413 g/mol. The topological polar surface area (TPSA) is 59.9 Å². The van der Waals surface area contributed by atoms with E-state index in [0.29, 0.717) is 31.6 Å². The van der Waals surface area contributed by atoms with Crippen LogP contribution in [0.2, 0.25) is 0 Å². The van der Waals surface area contributed by atoms with Crippen molar-refractivity contribution in [1.29, 1.82) is 0 Å². The minimum absolute atomic E-state index is 0.0487. The highest BCUT2D eigenvalue weighted by Gasteiger charge is 2.35. The first-order chi connectivity index (χ1) is 14.6. The molecule has 1 aromatic heterocycles. The van der Waals surface area contributed by atoms with Crippen molar-refractivity contribution in [2.45, 2.75) is 31.4 Å². The molecule has 2 aliphatic rings. The Hall–Kier alpha value is -2.51. The number of anilines is 1. The fourth-order valence-electron chi connectivity index (χ4n) is 4.51. The maximum absolute atomic E-state index is 14.0. The Morgan fingerprint density at radius 3 is 2.53 bits per heavy atom. The molecule has 3 heterocycles. The molecule has 0 spiro atoms. The van der Waals surface area contributed by atoms with Crippen LogP contribution in [-0.2, 0) is 11.2 Å². The summed E-state index contributed by atoms with van der Waals surface area (Å²) >= 11 is 0. The molecular formula is C23H29FN4O2. The third kappa shape index (κ3) is 4.79. The van der Waals surface area contributed by atoms with Gasteiger partial charge in [-0.05, 0) is 37.1 Å². The number of likely N-dealkylation sites (tertiary alicyclic amines) is 1. The lowest BCUT2D eigenvalue weighted by Gasteiger charge is -2.45. The van der Waals surface area contributed by atoms with Gasteiger partial charge in [-0.15, -0.1) is 0 Å². The van der Waals surface area contributed by atoms with Crippen molar-refractivity contribution in [1.82, 2.24) is 14.8 Å². The fraction of sp³-hybridized carbons (Fsp3) is 0.478. The smallest absolute Gasteiger partial charge is 0.223 e. The molecule has 6 nitrogen and oxygen atoms in total. The van der Waals surface area contributed by atoms with Gasteiger partial charge in [0.2, 0.25) is 5.91 Å². The zero-order valence-corrected chi connectivity index (χ0v) is 17.2. The van der Waals surface area contributed by atoms with E-state index in [1.807, 2.05) is 30.3 Å². The second kappa shape index (κ2) is 9.53. The Morgan fingerprint density at radius 1 is 1.07 bits per heavy atom. The van der Waals surface area contributed by atoms with Gasteiger partial charge in [-0.1, -0.05) is 18.2 Å². The maximum Gasteiger partial charge on any atom is 0.223 e. The zero-order valence-electron chi connectivity index (χ0n) is 17.2. The molecule has 2 aliphatic heterocycles. The van der Waals surface area contributed by atoms with Gasteiger partial charge in [-0.2, -0.15) is 0 Å². The molecule has 1 N–H and O–H groups in total. The first-order valence-corrected chi connectivity index (χ1v) is 10.7. The van der Waals surface area contributed by atoms with E-state index >= 15 is 0 Å². The number of β-amino-alcohol motifs (C(OH)–C–C–N with tert-alkyl or cyclic N) is 1. The van der Waals surface area contributed by atoms with E-state index in [-0.39, 0.29) is 17.8 Å². The molecule has 7 heteroatoms. The lowest BCUT2D eigenvalue weighted by atomic mass is 9.98. The van der Waals surface area contributed by atoms with E-state index in [4.69, 9.17) is 0 Å². The largest absolute Gasteiger partial charge is 0.390 e. The summed E-state index contributed by atoms with van der Waals surface area (Å²) in [6.07, 6.45) is 2.97. The monoisotopic (exact) mass is 412 g/mol.